The highest BCUT2D eigenvalue weighted by atomic mass is 16.5. The van der Waals surface area contributed by atoms with E-state index in [4.69, 9.17) is 4.74 Å². The van der Waals surface area contributed by atoms with Gasteiger partial charge in [0.15, 0.2) is 5.96 Å². The van der Waals surface area contributed by atoms with Crippen molar-refractivity contribution in [3.63, 3.8) is 0 Å². The van der Waals surface area contributed by atoms with E-state index in [1.54, 1.807) is 0 Å². The molecule has 0 aromatic carbocycles. The Morgan fingerprint density at radius 2 is 2.27 bits per heavy atom. The van der Waals surface area contributed by atoms with Crippen molar-refractivity contribution >= 4 is 5.96 Å². The molecule has 3 rings (SSSR count). The Morgan fingerprint density at radius 3 is 3.00 bits per heavy atom. The minimum atomic E-state index is 0.406. The van der Waals surface area contributed by atoms with E-state index < -0.39 is 0 Å². The van der Waals surface area contributed by atoms with Crippen LogP contribution >= 0.6 is 0 Å². The number of aliphatic imine (C=N–C) groups is 1. The molecule has 3 heterocycles. The lowest BCUT2D eigenvalue weighted by Crippen LogP contribution is -2.43. The average Bonchev–Trinajstić information content (AvgIpc) is 3.24. The van der Waals surface area contributed by atoms with Crippen molar-refractivity contribution in [2.75, 3.05) is 59.5 Å². The number of nitrogens with one attached hydrogen (secondary N) is 1. The first-order chi connectivity index (χ1) is 10.7. The maximum Gasteiger partial charge on any atom is 0.193 e. The summed E-state index contributed by atoms with van der Waals surface area (Å²) in [5.41, 5.74) is 0.406. The maximum absolute atomic E-state index is 5.63. The lowest BCUT2D eigenvalue weighted by Gasteiger charge is -2.25. The summed E-state index contributed by atoms with van der Waals surface area (Å²) in [5.74, 6) is 1.87. The number of hydrogen-bond donors (Lipinski definition) is 1. The molecule has 2 atom stereocenters. The van der Waals surface area contributed by atoms with E-state index >= 15 is 0 Å². The maximum atomic E-state index is 5.63. The summed E-state index contributed by atoms with van der Waals surface area (Å²) < 4.78 is 5.63. The summed E-state index contributed by atoms with van der Waals surface area (Å²) in [6.45, 7) is 11.2. The van der Waals surface area contributed by atoms with Crippen LogP contribution in [-0.2, 0) is 4.74 Å². The fourth-order valence-corrected chi connectivity index (χ4v) is 4.25. The molecule has 1 N–H and O–H groups in total. The van der Waals surface area contributed by atoms with Crippen LogP contribution in [0.3, 0.4) is 0 Å². The molecule has 2 unspecified atom stereocenters. The van der Waals surface area contributed by atoms with E-state index in [2.05, 4.69) is 27.0 Å². The molecular formula is C17H32N4O. The summed E-state index contributed by atoms with van der Waals surface area (Å²) in [6.07, 6.45) is 5.05. The first-order valence-corrected chi connectivity index (χ1v) is 9.00. The number of ether oxygens (including phenoxy) is 1. The number of guanidine groups is 1. The molecule has 0 amide bonds. The predicted molar refractivity (Wildman–Crippen MR) is 90.3 cm³/mol. The Labute approximate surface area is 135 Å². The van der Waals surface area contributed by atoms with E-state index in [-0.39, 0.29) is 0 Å². The molecule has 0 bridgehead atoms. The highest BCUT2D eigenvalue weighted by Crippen LogP contribution is 2.38. The molecule has 3 aliphatic rings. The van der Waals surface area contributed by atoms with Crippen LogP contribution in [0.25, 0.3) is 0 Å². The quantitative estimate of drug-likeness (QED) is 0.630. The molecule has 5 heteroatoms. The molecular weight excluding hydrogens is 276 g/mol. The highest BCUT2D eigenvalue weighted by molar-refractivity contribution is 5.80. The molecule has 0 aromatic rings. The zero-order valence-electron chi connectivity index (χ0n) is 14.3. The molecule has 5 nitrogen and oxygen atoms in total. The molecule has 3 saturated heterocycles. The van der Waals surface area contributed by atoms with Gasteiger partial charge in [0.25, 0.3) is 0 Å². The van der Waals surface area contributed by atoms with Crippen LogP contribution in [0.4, 0.5) is 0 Å². The predicted octanol–water partition coefficient (Wildman–Crippen LogP) is 1.41. The minimum absolute atomic E-state index is 0.406. The van der Waals surface area contributed by atoms with E-state index in [0.29, 0.717) is 5.41 Å². The Balaban J connectivity index is 1.45. The summed E-state index contributed by atoms with van der Waals surface area (Å²) >= 11 is 0. The SMILES string of the molecule is CCCN1CCC(CNC(=NC)N2CCC3(CCOC3)C2)C1. The Morgan fingerprint density at radius 1 is 1.36 bits per heavy atom. The Kier molecular flexibility index (Phi) is 5.24. The monoisotopic (exact) mass is 308 g/mol. The van der Waals surface area contributed by atoms with Crippen molar-refractivity contribution in [2.24, 2.45) is 16.3 Å². The Hall–Kier alpha value is -0.810. The van der Waals surface area contributed by atoms with Crippen LogP contribution in [0.1, 0.15) is 32.6 Å². The van der Waals surface area contributed by atoms with Crippen molar-refractivity contribution in [3.8, 4) is 0 Å². The molecule has 126 valence electrons. The average molecular weight is 308 g/mol. The number of likely N-dealkylation sites (tertiary alicyclic amines) is 2. The van der Waals surface area contributed by atoms with Crippen molar-refractivity contribution in [3.05, 3.63) is 0 Å². The third kappa shape index (κ3) is 3.57. The normalized spacial score (nSPS) is 33.3. The van der Waals surface area contributed by atoms with Crippen LogP contribution in [0.15, 0.2) is 4.99 Å². The van der Waals surface area contributed by atoms with Gasteiger partial charge >= 0.3 is 0 Å². The van der Waals surface area contributed by atoms with Gasteiger partial charge in [0.05, 0.1) is 6.61 Å². The summed E-state index contributed by atoms with van der Waals surface area (Å²) in [6, 6.07) is 0. The highest BCUT2D eigenvalue weighted by Gasteiger charge is 2.42. The third-order valence-electron chi connectivity index (χ3n) is 5.59. The zero-order valence-corrected chi connectivity index (χ0v) is 14.3. The second-order valence-corrected chi connectivity index (χ2v) is 7.36. The zero-order chi connectivity index (χ0) is 15.4. The second kappa shape index (κ2) is 7.18. The van der Waals surface area contributed by atoms with Gasteiger partial charge in [0, 0.05) is 45.2 Å². The van der Waals surface area contributed by atoms with Crippen LogP contribution in [0.5, 0.6) is 0 Å². The van der Waals surface area contributed by atoms with Gasteiger partial charge in [-0.1, -0.05) is 6.92 Å². The number of rotatable bonds is 4. The topological polar surface area (TPSA) is 40.1 Å². The lowest BCUT2D eigenvalue weighted by molar-refractivity contribution is 0.156. The van der Waals surface area contributed by atoms with Crippen molar-refractivity contribution in [2.45, 2.75) is 32.6 Å². The smallest absolute Gasteiger partial charge is 0.193 e. The van der Waals surface area contributed by atoms with Gasteiger partial charge in [0.1, 0.15) is 0 Å². The fourth-order valence-electron chi connectivity index (χ4n) is 4.25. The third-order valence-corrected chi connectivity index (χ3v) is 5.59. The van der Waals surface area contributed by atoms with E-state index in [1.807, 2.05) is 7.05 Å². The molecule has 1 spiro atoms. The largest absolute Gasteiger partial charge is 0.381 e. The van der Waals surface area contributed by atoms with Gasteiger partial charge in [-0.05, 0) is 44.7 Å². The van der Waals surface area contributed by atoms with E-state index in [1.165, 1.54) is 45.3 Å². The van der Waals surface area contributed by atoms with Gasteiger partial charge in [0.2, 0.25) is 0 Å². The van der Waals surface area contributed by atoms with Crippen LogP contribution < -0.4 is 5.32 Å². The standard InChI is InChI=1S/C17H32N4O/c1-3-7-20-8-4-15(12-20)11-19-16(18-2)21-9-5-17(13-21)6-10-22-14-17/h15H,3-14H2,1-2H3,(H,18,19). The summed E-state index contributed by atoms with van der Waals surface area (Å²) in [4.78, 5) is 9.55. The second-order valence-electron chi connectivity index (χ2n) is 7.36. The van der Waals surface area contributed by atoms with Crippen LogP contribution in [-0.4, -0.2) is 75.3 Å². The van der Waals surface area contributed by atoms with E-state index in [9.17, 15) is 0 Å². The number of nitrogens with zero attached hydrogens (tertiary/aromatic N) is 3. The van der Waals surface area contributed by atoms with Gasteiger partial charge in [-0.2, -0.15) is 0 Å². The van der Waals surface area contributed by atoms with Crippen LogP contribution in [0, 0.1) is 11.3 Å². The molecule has 0 aromatic heterocycles. The van der Waals surface area contributed by atoms with Gasteiger partial charge < -0.3 is 19.9 Å². The molecule has 0 aliphatic carbocycles. The molecule has 3 aliphatic heterocycles. The lowest BCUT2D eigenvalue weighted by atomic mass is 9.87. The first kappa shape index (κ1) is 16.1. The minimum Gasteiger partial charge on any atom is -0.381 e. The van der Waals surface area contributed by atoms with E-state index in [0.717, 1.165) is 44.7 Å². The van der Waals surface area contributed by atoms with Crippen molar-refractivity contribution in [1.82, 2.24) is 15.1 Å². The summed E-state index contributed by atoms with van der Waals surface area (Å²) in [7, 11) is 1.91. The number of hydrogen-bond acceptors (Lipinski definition) is 3. The first-order valence-electron chi connectivity index (χ1n) is 9.00. The van der Waals surface area contributed by atoms with Gasteiger partial charge in [-0.25, -0.2) is 0 Å². The molecule has 3 fully saturated rings. The fraction of sp³-hybridized carbons (Fsp3) is 0.941. The molecule has 0 saturated carbocycles. The molecule has 22 heavy (non-hydrogen) atoms. The summed E-state index contributed by atoms with van der Waals surface area (Å²) in [5, 5.41) is 3.63. The van der Waals surface area contributed by atoms with Gasteiger partial charge in [-0.3, -0.25) is 4.99 Å². The van der Waals surface area contributed by atoms with Gasteiger partial charge in [-0.15, -0.1) is 0 Å². The molecule has 0 radical (unpaired) electrons. The van der Waals surface area contributed by atoms with Crippen molar-refractivity contribution < 1.29 is 4.74 Å². The van der Waals surface area contributed by atoms with Crippen LogP contribution in [0.2, 0.25) is 0 Å². The Bertz CT molecular complexity index is 392. The van der Waals surface area contributed by atoms with Crippen molar-refractivity contribution in [1.29, 1.82) is 0 Å².